The van der Waals surface area contributed by atoms with Crippen LogP contribution in [0.4, 0.5) is 32.0 Å². The predicted octanol–water partition coefficient (Wildman–Crippen LogP) is 3.92. The second kappa shape index (κ2) is 5.76. The van der Waals surface area contributed by atoms with Gasteiger partial charge in [-0.15, -0.1) is 0 Å². The maximum Gasteiger partial charge on any atom is 0.417 e. The monoisotopic (exact) mass is 355 g/mol. The zero-order valence-electron chi connectivity index (χ0n) is 11.0. The van der Waals surface area contributed by atoms with E-state index < -0.39 is 49.8 Å². The van der Waals surface area contributed by atoms with Crippen molar-refractivity contribution in [3.8, 4) is 0 Å². The highest BCUT2D eigenvalue weighted by atomic mass is 32.2. The van der Waals surface area contributed by atoms with Crippen LogP contribution in [-0.2, 0) is 16.2 Å². The largest absolute Gasteiger partial charge is 0.417 e. The van der Waals surface area contributed by atoms with E-state index in [-0.39, 0.29) is 0 Å². The molecule has 124 valence electrons. The molecule has 0 spiro atoms. The van der Waals surface area contributed by atoms with E-state index in [9.17, 15) is 34.8 Å². The molecule has 2 rings (SSSR count). The van der Waals surface area contributed by atoms with Gasteiger partial charge in [0, 0.05) is 0 Å². The molecule has 0 aliphatic rings. The number of alkyl halides is 3. The molecule has 0 unspecified atom stereocenters. The third kappa shape index (κ3) is 3.41. The first kappa shape index (κ1) is 17.1. The maximum absolute atomic E-state index is 13.5. The van der Waals surface area contributed by atoms with Gasteiger partial charge in [0.2, 0.25) is 0 Å². The maximum atomic E-state index is 13.5. The van der Waals surface area contributed by atoms with Gasteiger partial charge in [-0.05, 0) is 24.3 Å². The van der Waals surface area contributed by atoms with Crippen LogP contribution in [-0.4, -0.2) is 8.42 Å². The Labute approximate surface area is 126 Å². The van der Waals surface area contributed by atoms with Gasteiger partial charge in [0.1, 0.15) is 0 Å². The fourth-order valence-corrected chi connectivity index (χ4v) is 3.03. The minimum Gasteiger partial charge on any atom is -0.277 e. The van der Waals surface area contributed by atoms with Crippen molar-refractivity contribution in [3.05, 3.63) is 59.4 Å². The van der Waals surface area contributed by atoms with Crippen LogP contribution in [0.5, 0.6) is 0 Å². The van der Waals surface area contributed by atoms with Crippen LogP contribution in [0.3, 0.4) is 0 Å². The Hall–Kier alpha value is -2.23. The minimum absolute atomic E-state index is 0.436. The summed E-state index contributed by atoms with van der Waals surface area (Å²) >= 11 is 0. The summed E-state index contributed by atoms with van der Waals surface area (Å²) in [6.07, 6.45) is -4.97. The van der Waals surface area contributed by atoms with Gasteiger partial charge in [-0.2, -0.15) is 13.2 Å². The lowest BCUT2D eigenvalue weighted by Crippen LogP contribution is -2.19. The van der Waals surface area contributed by atoms with Gasteiger partial charge in [-0.1, -0.05) is 12.1 Å². The Morgan fingerprint density at radius 1 is 0.870 bits per heavy atom. The molecule has 0 amide bonds. The second-order valence-electron chi connectivity index (χ2n) is 4.32. The molecule has 3 nitrogen and oxygen atoms in total. The van der Waals surface area contributed by atoms with Gasteiger partial charge >= 0.3 is 6.18 Å². The molecule has 2 aromatic rings. The Bertz CT molecular complexity index is 848. The molecule has 0 saturated heterocycles. The van der Waals surface area contributed by atoms with Crippen LogP contribution in [0.25, 0.3) is 0 Å². The van der Waals surface area contributed by atoms with Crippen LogP contribution < -0.4 is 4.72 Å². The van der Waals surface area contributed by atoms with Crippen molar-refractivity contribution in [1.82, 2.24) is 0 Å². The molecule has 0 aromatic heterocycles. The Morgan fingerprint density at radius 2 is 1.48 bits per heavy atom. The van der Waals surface area contributed by atoms with Crippen molar-refractivity contribution < 1.29 is 34.8 Å². The van der Waals surface area contributed by atoms with Crippen molar-refractivity contribution in [2.24, 2.45) is 0 Å². The zero-order valence-corrected chi connectivity index (χ0v) is 11.8. The predicted molar refractivity (Wildman–Crippen MR) is 68.6 cm³/mol. The highest BCUT2D eigenvalue weighted by molar-refractivity contribution is 7.92. The van der Waals surface area contributed by atoms with Crippen molar-refractivity contribution in [3.63, 3.8) is 0 Å². The molecular weight excluding hydrogens is 348 g/mol. The number of sulfonamides is 1. The summed E-state index contributed by atoms with van der Waals surface area (Å²) in [6, 6.07) is 4.18. The molecule has 0 aliphatic heterocycles. The van der Waals surface area contributed by atoms with Gasteiger partial charge in [-0.3, -0.25) is 4.72 Å². The fraction of sp³-hybridized carbons (Fsp3) is 0.0769. The second-order valence-corrected chi connectivity index (χ2v) is 5.97. The number of hydrogen-bond acceptors (Lipinski definition) is 2. The van der Waals surface area contributed by atoms with Crippen molar-refractivity contribution in [2.75, 3.05) is 4.72 Å². The normalized spacial score (nSPS) is 12.3. The smallest absolute Gasteiger partial charge is 0.277 e. The lowest BCUT2D eigenvalue weighted by atomic mass is 10.2. The average molecular weight is 355 g/mol. The fourth-order valence-electron chi connectivity index (χ4n) is 1.74. The number of nitrogens with one attached hydrogen (secondary N) is 1. The van der Waals surface area contributed by atoms with Gasteiger partial charge in [0.15, 0.2) is 17.5 Å². The summed E-state index contributed by atoms with van der Waals surface area (Å²) < 4.78 is 103. The third-order valence-corrected chi connectivity index (χ3v) is 4.19. The minimum atomic E-state index is -4.97. The van der Waals surface area contributed by atoms with E-state index >= 15 is 0 Å². The summed E-state index contributed by atoms with van der Waals surface area (Å²) in [7, 11) is -4.88. The highest BCUT2D eigenvalue weighted by Gasteiger charge is 2.37. The molecule has 0 radical (unpaired) electrons. The summed E-state index contributed by atoms with van der Waals surface area (Å²) in [5.74, 6) is -5.38. The van der Waals surface area contributed by atoms with E-state index in [0.29, 0.717) is 24.3 Å². The molecule has 2 aromatic carbocycles. The topological polar surface area (TPSA) is 46.2 Å². The summed E-state index contributed by atoms with van der Waals surface area (Å²) in [5, 5.41) is 0. The highest BCUT2D eigenvalue weighted by Crippen LogP contribution is 2.35. The van der Waals surface area contributed by atoms with Crippen LogP contribution in [0.15, 0.2) is 41.3 Å². The van der Waals surface area contributed by atoms with Crippen LogP contribution in [0.1, 0.15) is 5.56 Å². The van der Waals surface area contributed by atoms with Gasteiger partial charge < -0.3 is 0 Å². The molecule has 23 heavy (non-hydrogen) atoms. The molecule has 10 heteroatoms. The Balaban J connectivity index is 2.52. The van der Waals surface area contributed by atoms with Crippen molar-refractivity contribution in [2.45, 2.75) is 11.1 Å². The molecule has 1 N–H and O–H groups in total. The molecule has 0 aliphatic carbocycles. The number of anilines is 1. The van der Waals surface area contributed by atoms with Crippen LogP contribution in [0, 0.1) is 17.5 Å². The first-order chi connectivity index (χ1) is 10.5. The van der Waals surface area contributed by atoms with E-state index in [2.05, 4.69) is 0 Å². The van der Waals surface area contributed by atoms with Gasteiger partial charge in [0.25, 0.3) is 10.0 Å². The van der Waals surface area contributed by atoms with E-state index in [4.69, 9.17) is 0 Å². The number of benzene rings is 2. The van der Waals surface area contributed by atoms with Crippen LogP contribution >= 0.6 is 0 Å². The van der Waals surface area contributed by atoms with E-state index in [1.54, 1.807) is 0 Å². The first-order valence-corrected chi connectivity index (χ1v) is 7.35. The lowest BCUT2D eigenvalue weighted by Gasteiger charge is -2.14. The SMILES string of the molecule is O=S(=O)(Nc1ccc(F)c(F)c1F)c1ccccc1C(F)(F)F. The Kier molecular flexibility index (Phi) is 4.29. The molecule has 0 heterocycles. The number of halogens is 6. The van der Waals surface area contributed by atoms with Gasteiger partial charge in [-0.25, -0.2) is 21.6 Å². The van der Waals surface area contributed by atoms with Gasteiger partial charge in [0.05, 0.1) is 16.1 Å². The van der Waals surface area contributed by atoms with Crippen molar-refractivity contribution >= 4 is 15.7 Å². The lowest BCUT2D eigenvalue weighted by molar-refractivity contribution is -0.139. The average Bonchev–Trinajstić information content (AvgIpc) is 2.47. The molecule has 0 bridgehead atoms. The summed E-state index contributed by atoms with van der Waals surface area (Å²) in [6.45, 7) is 0. The number of hydrogen-bond donors (Lipinski definition) is 1. The third-order valence-electron chi connectivity index (χ3n) is 2.76. The van der Waals surface area contributed by atoms with E-state index in [0.717, 1.165) is 12.1 Å². The molecule has 0 atom stereocenters. The standard InChI is InChI=1S/C13H7F6NO2S/c14-8-5-6-9(12(16)11(8)15)20-23(21,22)10-4-2-1-3-7(10)13(17,18)19/h1-6,20H. The van der Waals surface area contributed by atoms with E-state index in [1.807, 2.05) is 0 Å². The summed E-state index contributed by atoms with van der Waals surface area (Å²) in [5.41, 5.74) is -2.49. The molecular formula is C13H7F6NO2S. The quantitative estimate of drug-likeness (QED) is 0.670. The first-order valence-electron chi connectivity index (χ1n) is 5.86. The number of rotatable bonds is 3. The van der Waals surface area contributed by atoms with Crippen molar-refractivity contribution in [1.29, 1.82) is 0 Å². The van der Waals surface area contributed by atoms with Crippen LogP contribution in [0.2, 0.25) is 0 Å². The zero-order chi connectivity index (χ0) is 17.4. The Morgan fingerprint density at radius 3 is 2.09 bits per heavy atom. The molecule has 0 saturated carbocycles. The molecule has 0 fully saturated rings. The summed E-state index contributed by atoms with van der Waals surface area (Å²) in [4.78, 5) is -1.17. The van der Waals surface area contributed by atoms with E-state index in [1.165, 1.54) is 4.72 Å².